The number of hydrogen-bond donors (Lipinski definition) is 2. The average molecular weight is 475 g/mol. The number of ether oxygens (including phenoxy) is 1. The molecule has 0 aliphatic carbocycles. The molecular weight excluding hydrogens is 451 g/mol. The monoisotopic (exact) mass is 474 g/mol. The highest BCUT2D eigenvalue weighted by Crippen LogP contribution is 2.17. The predicted molar refractivity (Wildman–Crippen MR) is 114 cm³/mol. The van der Waals surface area contributed by atoms with Crippen LogP contribution in [0.4, 0.5) is 0 Å². The zero-order valence-electron chi connectivity index (χ0n) is 14.5. The Bertz CT molecular complexity index is 664. The molecule has 0 saturated carbocycles. The lowest BCUT2D eigenvalue weighted by atomic mass is 10.2. The number of guanidine groups is 1. The minimum Gasteiger partial charge on any atom is -0.494 e. The van der Waals surface area contributed by atoms with E-state index in [1.54, 1.807) is 19.3 Å². The van der Waals surface area contributed by atoms with Crippen LogP contribution in [-0.4, -0.2) is 31.1 Å². The molecule has 7 heteroatoms. The fourth-order valence-corrected chi connectivity index (χ4v) is 2.34. The molecule has 1 aromatic heterocycles. The van der Waals surface area contributed by atoms with Gasteiger partial charge in [-0.2, -0.15) is 0 Å². The molecule has 136 valence electrons. The second kappa shape index (κ2) is 11.9. The van der Waals surface area contributed by atoms with Gasteiger partial charge in [-0.15, -0.1) is 24.0 Å². The van der Waals surface area contributed by atoms with E-state index in [4.69, 9.17) is 16.3 Å². The van der Waals surface area contributed by atoms with Crippen molar-refractivity contribution in [3.63, 3.8) is 0 Å². The first-order chi connectivity index (χ1) is 11.7. The van der Waals surface area contributed by atoms with Gasteiger partial charge in [0, 0.05) is 31.9 Å². The van der Waals surface area contributed by atoms with Gasteiger partial charge in [0.15, 0.2) is 5.96 Å². The van der Waals surface area contributed by atoms with E-state index in [-0.39, 0.29) is 24.0 Å². The maximum Gasteiger partial charge on any atom is 0.191 e. The van der Waals surface area contributed by atoms with Crippen molar-refractivity contribution in [2.75, 3.05) is 20.2 Å². The van der Waals surface area contributed by atoms with E-state index < -0.39 is 0 Å². The molecular formula is C18H24ClIN4O. The van der Waals surface area contributed by atoms with E-state index in [1.807, 2.05) is 37.3 Å². The molecule has 0 amide bonds. The van der Waals surface area contributed by atoms with Gasteiger partial charge in [0.25, 0.3) is 0 Å². The van der Waals surface area contributed by atoms with Crippen molar-refractivity contribution < 1.29 is 4.74 Å². The summed E-state index contributed by atoms with van der Waals surface area (Å²) in [6.07, 6.45) is 2.64. The normalized spacial score (nSPS) is 10.8. The van der Waals surface area contributed by atoms with Crippen LogP contribution in [0.25, 0.3) is 0 Å². The van der Waals surface area contributed by atoms with Crippen molar-refractivity contribution in [2.45, 2.75) is 19.9 Å². The van der Waals surface area contributed by atoms with Gasteiger partial charge >= 0.3 is 0 Å². The van der Waals surface area contributed by atoms with Crippen LogP contribution in [0.15, 0.2) is 47.6 Å². The van der Waals surface area contributed by atoms with Crippen LogP contribution in [0, 0.1) is 0 Å². The second-order valence-electron chi connectivity index (χ2n) is 5.13. The number of pyridine rings is 1. The van der Waals surface area contributed by atoms with Crippen LogP contribution < -0.4 is 15.4 Å². The molecule has 0 fully saturated rings. The van der Waals surface area contributed by atoms with Gasteiger partial charge < -0.3 is 15.4 Å². The number of hydrogen-bond acceptors (Lipinski definition) is 3. The lowest BCUT2D eigenvalue weighted by molar-refractivity contribution is 0.336. The zero-order valence-corrected chi connectivity index (χ0v) is 17.5. The fourth-order valence-electron chi connectivity index (χ4n) is 2.23. The number of para-hydroxylation sites is 1. The lowest BCUT2D eigenvalue weighted by Gasteiger charge is -2.14. The smallest absolute Gasteiger partial charge is 0.191 e. The molecule has 0 aliphatic heterocycles. The number of benzene rings is 1. The van der Waals surface area contributed by atoms with Gasteiger partial charge in [0.2, 0.25) is 0 Å². The number of nitrogens with one attached hydrogen (secondary N) is 2. The Morgan fingerprint density at radius 1 is 1.20 bits per heavy atom. The Hall–Kier alpha value is -1.54. The first kappa shape index (κ1) is 21.5. The molecule has 0 unspecified atom stereocenters. The van der Waals surface area contributed by atoms with Gasteiger partial charge in [0.05, 0.1) is 6.61 Å². The molecule has 25 heavy (non-hydrogen) atoms. The third-order valence-corrected chi connectivity index (χ3v) is 3.66. The molecule has 5 nitrogen and oxygen atoms in total. The third kappa shape index (κ3) is 7.48. The summed E-state index contributed by atoms with van der Waals surface area (Å²) in [5.41, 5.74) is 2.23. The van der Waals surface area contributed by atoms with Crippen molar-refractivity contribution in [1.82, 2.24) is 15.6 Å². The molecule has 2 N–H and O–H groups in total. The van der Waals surface area contributed by atoms with Crippen LogP contribution in [-0.2, 0) is 13.0 Å². The fraction of sp³-hybridized carbons (Fsp3) is 0.333. The standard InChI is InChI=1S/C18H23ClN4O.HI/c1-3-24-16-7-5-4-6-15(16)13-23-18(20-2)21-11-10-14-8-9-17(19)22-12-14;/h4-9,12H,3,10-11,13H2,1-2H3,(H2,20,21,23);1H. The van der Waals surface area contributed by atoms with E-state index in [9.17, 15) is 0 Å². The van der Waals surface area contributed by atoms with Crippen molar-refractivity contribution in [3.8, 4) is 5.75 Å². The molecule has 1 aromatic carbocycles. The van der Waals surface area contributed by atoms with Crippen LogP contribution in [0.1, 0.15) is 18.1 Å². The summed E-state index contributed by atoms with van der Waals surface area (Å²) in [7, 11) is 1.76. The summed E-state index contributed by atoms with van der Waals surface area (Å²) in [5, 5.41) is 7.10. The minimum absolute atomic E-state index is 0. The molecule has 0 spiro atoms. The number of rotatable bonds is 7. The molecule has 0 radical (unpaired) electrons. The highest BCUT2D eigenvalue weighted by molar-refractivity contribution is 14.0. The van der Waals surface area contributed by atoms with Crippen LogP contribution >= 0.6 is 35.6 Å². The summed E-state index contributed by atoms with van der Waals surface area (Å²) in [6, 6.07) is 11.8. The highest BCUT2D eigenvalue weighted by atomic mass is 127. The van der Waals surface area contributed by atoms with Crippen LogP contribution in [0.2, 0.25) is 5.15 Å². The minimum atomic E-state index is 0. The van der Waals surface area contributed by atoms with Crippen LogP contribution in [0.3, 0.4) is 0 Å². The van der Waals surface area contributed by atoms with Gasteiger partial charge in [0.1, 0.15) is 10.9 Å². The summed E-state index contributed by atoms with van der Waals surface area (Å²) >= 11 is 5.79. The second-order valence-corrected chi connectivity index (χ2v) is 5.52. The number of nitrogens with zero attached hydrogens (tertiary/aromatic N) is 2. The van der Waals surface area contributed by atoms with Crippen molar-refractivity contribution in [1.29, 1.82) is 0 Å². The number of halogens is 2. The molecule has 2 aromatic rings. The topological polar surface area (TPSA) is 58.5 Å². The van der Waals surface area contributed by atoms with Crippen LogP contribution in [0.5, 0.6) is 5.75 Å². The van der Waals surface area contributed by atoms with Gasteiger partial charge in [-0.1, -0.05) is 35.9 Å². The van der Waals surface area contributed by atoms with Gasteiger partial charge in [-0.3, -0.25) is 4.99 Å². The first-order valence-corrected chi connectivity index (χ1v) is 8.36. The summed E-state index contributed by atoms with van der Waals surface area (Å²) in [5.74, 6) is 1.65. The Kier molecular flexibility index (Phi) is 10.3. The summed E-state index contributed by atoms with van der Waals surface area (Å²) < 4.78 is 5.63. The Morgan fingerprint density at radius 2 is 2.00 bits per heavy atom. The Labute approximate surface area is 171 Å². The quantitative estimate of drug-likeness (QED) is 0.278. The van der Waals surface area contributed by atoms with Gasteiger partial charge in [-0.05, 0) is 31.0 Å². The molecule has 0 atom stereocenters. The molecule has 0 aliphatic rings. The van der Waals surface area contributed by atoms with E-state index in [2.05, 4.69) is 20.6 Å². The predicted octanol–water partition coefficient (Wildman–Crippen LogP) is 3.66. The lowest BCUT2D eigenvalue weighted by Crippen LogP contribution is -2.37. The Balaban J connectivity index is 0.00000312. The highest BCUT2D eigenvalue weighted by Gasteiger charge is 2.04. The van der Waals surface area contributed by atoms with Crippen molar-refractivity contribution in [3.05, 3.63) is 58.9 Å². The molecule has 0 saturated heterocycles. The maximum absolute atomic E-state index is 5.79. The van der Waals surface area contributed by atoms with Crippen molar-refractivity contribution >= 4 is 41.5 Å². The van der Waals surface area contributed by atoms with Gasteiger partial charge in [-0.25, -0.2) is 4.98 Å². The Morgan fingerprint density at radius 3 is 2.68 bits per heavy atom. The maximum atomic E-state index is 5.79. The van der Waals surface area contributed by atoms with E-state index in [0.717, 1.165) is 35.8 Å². The number of aliphatic imine (C=N–C) groups is 1. The molecule has 2 rings (SSSR count). The first-order valence-electron chi connectivity index (χ1n) is 7.98. The zero-order chi connectivity index (χ0) is 17.2. The number of aromatic nitrogens is 1. The molecule has 0 bridgehead atoms. The van der Waals surface area contributed by atoms with E-state index in [1.165, 1.54) is 0 Å². The average Bonchev–Trinajstić information content (AvgIpc) is 2.61. The SMILES string of the molecule is CCOc1ccccc1CNC(=NC)NCCc1ccc(Cl)nc1.I. The van der Waals surface area contributed by atoms with Crippen molar-refractivity contribution in [2.24, 2.45) is 4.99 Å². The van der Waals surface area contributed by atoms with E-state index >= 15 is 0 Å². The van der Waals surface area contributed by atoms with E-state index in [0.29, 0.717) is 18.3 Å². The summed E-state index contributed by atoms with van der Waals surface area (Å²) in [6.45, 7) is 4.05. The summed E-state index contributed by atoms with van der Waals surface area (Å²) in [4.78, 5) is 8.32. The largest absolute Gasteiger partial charge is 0.494 e. The third-order valence-electron chi connectivity index (χ3n) is 3.44. The molecule has 1 heterocycles.